The van der Waals surface area contributed by atoms with E-state index in [2.05, 4.69) is 0 Å². The topological polar surface area (TPSA) is 37.3 Å². The van der Waals surface area contributed by atoms with Gasteiger partial charge in [-0.05, 0) is 17.7 Å². The largest absolute Gasteiger partial charge is 0.388 e. The minimum Gasteiger partial charge on any atom is -0.388 e. The number of halogens is 2. The van der Waals surface area contributed by atoms with Crippen LogP contribution in [0.5, 0.6) is 0 Å². The summed E-state index contributed by atoms with van der Waals surface area (Å²) < 4.78 is 12.6. The molecule has 0 aliphatic heterocycles. The maximum atomic E-state index is 12.6. The van der Waals surface area contributed by atoms with Gasteiger partial charge in [-0.2, -0.15) is 0 Å². The molecule has 0 heterocycles. The Labute approximate surface area is 80.0 Å². The second kappa shape index (κ2) is 4.35. The van der Waals surface area contributed by atoms with Gasteiger partial charge in [0.25, 0.3) is 0 Å². The fourth-order valence-corrected chi connectivity index (χ4v) is 1.28. The summed E-state index contributed by atoms with van der Waals surface area (Å²) in [5.74, 6) is -0.466. The van der Waals surface area contributed by atoms with Crippen LogP contribution in [-0.2, 0) is 4.79 Å². The fraction of sp³-hybridized carbons (Fsp3) is 0.222. The van der Waals surface area contributed by atoms with Crippen LogP contribution in [0.2, 0.25) is 5.02 Å². The number of hydrogen-bond acceptors (Lipinski definition) is 2. The molecule has 1 N–H and O–H groups in total. The SMILES string of the molecule is O=CCC(O)c1ccc(F)cc1Cl. The van der Waals surface area contributed by atoms with Crippen LogP contribution in [0.1, 0.15) is 18.1 Å². The third kappa shape index (κ3) is 2.50. The molecule has 0 saturated carbocycles. The molecule has 0 amide bonds. The summed E-state index contributed by atoms with van der Waals surface area (Å²) in [7, 11) is 0. The summed E-state index contributed by atoms with van der Waals surface area (Å²) >= 11 is 5.64. The number of carbonyl (C=O) groups is 1. The zero-order valence-electron chi connectivity index (χ0n) is 6.71. The van der Waals surface area contributed by atoms with Crippen molar-refractivity contribution in [2.45, 2.75) is 12.5 Å². The molecule has 0 aliphatic rings. The number of aliphatic hydroxyl groups is 1. The maximum Gasteiger partial charge on any atom is 0.124 e. The third-order valence-electron chi connectivity index (χ3n) is 1.64. The summed E-state index contributed by atoms with van der Waals surface area (Å²) in [6, 6.07) is 3.66. The van der Waals surface area contributed by atoms with Crippen LogP contribution in [0.15, 0.2) is 18.2 Å². The number of hydrogen-bond donors (Lipinski definition) is 1. The second-order valence-corrected chi connectivity index (χ2v) is 2.99. The van der Waals surface area contributed by atoms with Crippen molar-refractivity contribution < 1.29 is 14.3 Å². The first kappa shape index (κ1) is 10.2. The highest BCUT2D eigenvalue weighted by Crippen LogP contribution is 2.25. The molecular weight excluding hydrogens is 195 g/mol. The van der Waals surface area contributed by atoms with Crippen LogP contribution in [0.3, 0.4) is 0 Å². The van der Waals surface area contributed by atoms with Gasteiger partial charge in [0.2, 0.25) is 0 Å². The molecule has 0 radical (unpaired) electrons. The molecule has 1 aromatic rings. The highest BCUT2D eigenvalue weighted by molar-refractivity contribution is 6.31. The molecule has 1 unspecified atom stereocenters. The smallest absolute Gasteiger partial charge is 0.124 e. The van der Waals surface area contributed by atoms with E-state index in [9.17, 15) is 14.3 Å². The normalized spacial score (nSPS) is 12.5. The van der Waals surface area contributed by atoms with Crippen molar-refractivity contribution in [2.24, 2.45) is 0 Å². The molecule has 0 bridgehead atoms. The lowest BCUT2D eigenvalue weighted by Gasteiger charge is -2.08. The van der Waals surface area contributed by atoms with Crippen molar-refractivity contribution in [2.75, 3.05) is 0 Å². The first-order valence-electron chi connectivity index (χ1n) is 3.72. The van der Waals surface area contributed by atoms with E-state index < -0.39 is 11.9 Å². The molecule has 0 saturated heterocycles. The van der Waals surface area contributed by atoms with Gasteiger partial charge in [-0.3, -0.25) is 0 Å². The molecular formula is C9H8ClFO2. The quantitative estimate of drug-likeness (QED) is 0.763. The fourth-order valence-electron chi connectivity index (χ4n) is 0.990. The van der Waals surface area contributed by atoms with Crippen molar-refractivity contribution in [1.29, 1.82) is 0 Å². The van der Waals surface area contributed by atoms with Gasteiger partial charge in [0.05, 0.1) is 6.10 Å². The van der Waals surface area contributed by atoms with Gasteiger partial charge >= 0.3 is 0 Å². The summed E-state index contributed by atoms with van der Waals surface area (Å²) in [5.41, 5.74) is 0.371. The molecule has 13 heavy (non-hydrogen) atoms. The molecule has 0 spiro atoms. The highest BCUT2D eigenvalue weighted by Gasteiger charge is 2.11. The van der Waals surface area contributed by atoms with Crippen LogP contribution in [0, 0.1) is 5.82 Å². The average Bonchev–Trinajstić information content (AvgIpc) is 2.04. The van der Waals surface area contributed by atoms with Crippen LogP contribution in [0.4, 0.5) is 4.39 Å². The molecule has 0 aliphatic carbocycles. The Hall–Kier alpha value is -0.930. The number of aldehydes is 1. The van der Waals surface area contributed by atoms with E-state index in [1.54, 1.807) is 0 Å². The van der Waals surface area contributed by atoms with Crippen molar-refractivity contribution in [1.82, 2.24) is 0 Å². The molecule has 1 aromatic carbocycles. The Morgan fingerprint density at radius 1 is 1.62 bits per heavy atom. The summed E-state index contributed by atoms with van der Waals surface area (Å²) in [5, 5.41) is 9.49. The van der Waals surface area contributed by atoms with Crippen molar-refractivity contribution in [3.63, 3.8) is 0 Å². The predicted octanol–water partition coefficient (Wildman–Crippen LogP) is 2.10. The Balaban J connectivity index is 2.94. The zero-order valence-corrected chi connectivity index (χ0v) is 7.46. The van der Waals surface area contributed by atoms with Gasteiger partial charge in [0.1, 0.15) is 12.1 Å². The first-order chi connectivity index (χ1) is 6.15. The van der Waals surface area contributed by atoms with Gasteiger partial charge < -0.3 is 9.90 Å². The van der Waals surface area contributed by atoms with Gasteiger partial charge in [-0.15, -0.1) is 0 Å². The van der Waals surface area contributed by atoms with E-state index in [1.807, 2.05) is 0 Å². The highest BCUT2D eigenvalue weighted by atomic mass is 35.5. The Morgan fingerprint density at radius 2 is 2.31 bits per heavy atom. The van der Waals surface area contributed by atoms with Crippen molar-refractivity contribution >= 4 is 17.9 Å². The summed E-state index contributed by atoms with van der Waals surface area (Å²) in [6.07, 6.45) is -0.402. The average molecular weight is 203 g/mol. The first-order valence-corrected chi connectivity index (χ1v) is 4.09. The zero-order chi connectivity index (χ0) is 9.84. The molecule has 4 heteroatoms. The van der Waals surface area contributed by atoms with Crippen molar-refractivity contribution in [3.05, 3.63) is 34.6 Å². The van der Waals surface area contributed by atoms with Gasteiger partial charge in [0, 0.05) is 11.4 Å². The lowest BCUT2D eigenvalue weighted by Crippen LogP contribution is -1.99. The monoisotopic (exact) mass is 202 g/mol. The van der Waals surface area contributed by atoms with Crippen molar-refractivity contribution in [3.8, 4) is 0 Å². The Kier molecular flexibility index (Phi) is 3.39. The van der Waals surface area contributed by atoms with Crippen LogP contribution < -0.4 is 0 Å². The van der Waals surface area contributed by atoms with Crippen LogP contribution in [0.25, 0.3) is 0 Å². The number of rotatable bonds is 3. The summed E-state index contributed by atoms with van der Waals surface area (Å²) in [4.78, 5) is 10.1. The minimum atomic E-state index is -0.953. The Morgan fingerprint density at radius 3 is 2.85 bits per heavy atom. The third-order valence-corrected chi connectivity index (χ3v) is 1.97. The second-order valence-electron chi connectivity index (χ2n) is 2.58. The van der Waals surface area contributed by atoms with Gasteiger partial charge in [-0.25, -0.2) is 4.39 Å². The molecule has 1 atom stereocenters. The number of aliphatic hydroxyl groups excluding tert-OH is 1. The van der Waals surface area contributed by atoms with E-state index in [0.717, 1.165) is 6.07 Å². The van der Waals surface area contributed by atoms with Crippen LogP contribution >= 0.6 is 11.6 Å². The lowest BCUT2D eigenvalue weighted by molar-refractivity contribution is -0.109. The Bertz CT molecular complexity index is 314. The molecule has 0 fully saturated rings. The summed E-state index contributed by atoms with van der Waals surface area (Å²) in [6.45, 7) is 0. The van der Waals surface area contributed by atoms with E-state index >= 15 is 0 Å². The van der Waals surface area contributed by atoms with E-state index in [1.165, 1.54) is 12.1 Å². The van der Waals surface area contributed by atoms with E-state index in [0.29, 0.717) is 11.8 Å². The predicted molar refractivity (Wildman–Crippen MR) is 47.1 cm³/mol. The maximum absolute atomic E-state index is 12.6. The minimum absolute atomic E-state index is 0.0364. The molecule has 70 valence electrons. The van der Waals surface area contributed by atoms with Crippen LogP contribution in [-0.4, -0.2) is 11.4 Å². The molecule has 0 aromatic heterocycles. The van der Waals surface area contributed by atoms with E-state index in [-0.39, 0.29) is 11.4 Å². The molecule has 2 nitrogen and oxygen atoms in total. The number of carbonyl (C=O) groups excluding carboxylic acids is 1. The number of benzene rings is 1. The lowest BCUT2D eigenvalue weighted by atomic mass is 10.1. The van der Waals surface area contributed by atoms with Gasteiger partial charge in [-0.1, -0.05) is 17.7 Å². The standard InChI is InChI=1S/C9H8ClFO2/c10-8-5-6(11)1-2-7(8)9(13)3-4-12/h1-2,4-5,9,13H,3H2. The van der Waals surface area contributed by atoms with E-state index in [4.69, 9.17) is 11.6 Å². The van der Waals surface area contributed by atoms with Gasteiger partial charge in [0.15, 0.2) is 0 Å². The molecule has 1 rings (SSSR count).